The van der Waals surface area contributed by atoms with Gasteiger partial charge >= 0.3 is 0 Å². The molecule has 0 fully saturated rings. The predicted octanol–water partition coefficient (Wildman–Crippen LogP) is 1.19. The fourth-order valence-electron chi connectivity index (χ4n) is 1.47. The van der Waals surface area contributed by atoms with Crippen LogP contribution in [0.3, 0.4) is 0 Å². The maximum absolute atomic E-state index is 11.7. The molecule has 0 saturated carbocycles. The van der Waals surface area contributed by atoms with Crippen molar-refractivity contribution in [3.05, 3.63) is 34.9 Å². The molecule has 0 amide bonds. The van der Waals surface area contributed by atoms with Crippen LogP contribution in [-0.4, -0.2) is 32.6 Å². The van der Waals surface area contributed by atoms with Gasteiger partial charge in [-0.15, -0.1) is 0 Å². The van der Waals surface area contributed by atoms with Gasteiger partial charge in [-0.3, -0.25) is 0 Å². The molecule has 2 N–H and O–H groups in total. The summed E-state index contributed by atoms with van der Waals surface area (Å²) in [6.07, 6.45) is 0. The predicted molar refractivity (Wildman–Crippen MR) is 70.3 cm³/mol. The monoisotopic (exact) mass is 256 g/mol. The van der Waals surface area contributed by atoms with E-state index in [1.54, 1.807) is 0 Å². The molecule has 4 nitrogen and oxygen atoms in total. The maximum atomic E-state index is 11.7. The van der Waals surface area contributed by atoms with E-state index in [1.807, 2.05) is 32.0 Å². The molecule has 0 aliphatic carbocycles. The third kappa shape index (κ3) is 3.52. The summed E-state index contributed by atoms with van der Waals surface area (Å²) >= 11 is 0. The van der Waals surface area contributed by atoms with Crippen molar-refractivity contribution in [2.24, 2.45) is 5.73 Å². The minimum Gasteiger partial charge on any atom is -0.323 e. The van der Waals surface area contributed by atoms with Crippen molar-refractivity contribution in [2.75, 3.05) is 19.8 Å². The lowest BCUT2D eigenvalue weighted by Crippen LogP contribution is -2.31. The first-order chi connectivity index (χ1) is 7.74. The number of aryl methyl sites for hydroxylation is 2. The van der Waals surface area contributed by atoms with Crippen molar-refractivity contribution in [3.8, 4) is 0 Å². The van der Waals surface area contributed by atoms with Crippen molar-refractivity contribution in [2.45, 2.75) is 19.9 Å². The number of rotatable bonds is 4. The lowest BCUT2D eigenvalue weighted by atomic mass is 10.0. The van der Waals surface area contributed by atoms with Gasteiger partial charge < -0.3 is 5.73 Å². The van der Waals surface area contributed by atoms with Gasteiger partial charge in [-0.2, -0.15) is 0 Å². The van der Waals surface area contributed by atoms with Gasteiger partial charge in [0.25, 0.3) is 0 Å². The summed E-state index contributed by atoms with van der Waals surface area (Å²) in [5.74, 6) is -0.0670. The highest BCUT2D eigenvalue weighted by Gasteiger charge is 2.19. The van der Waals surface area contributed by atoms with E-state index in [-0.39, 0.29) is 5.75 Å². The minimum absolute atomic E-state index is 0.0670. The van der Waals surface area contributed by atoms with Crippen molar-refractivity contribution in [3.63, 3.8) is 0 Å². The van der Waals surface area contributed by atoms with Crippen LogP contribution in [0.1, 0.15) is 22.7 Å². The molecular formula is C12H20N2O2S. The van der Waals surface area contributed by atoms with Crippen LogP contribution in [-0.2, 0) is 10.0 Å². The summed E-state index contributed by atoms with van der Waals surface area (Å²) in [5, 5.41) is 0. The normalized spacial score (nSPS) is 14.0. The van der Waals surface area contributed by atoms with E-state index in [1.165, 1.54) is 24.0 Å². The van der Waals surface area contributed by atoms with E-state index >= 15 is 0 Å². The van der Waals surface area contributed by atoms with Crippen molar-refractivity contribution in [1.29, 1.82) is 0 Å². The Bertz CT molecular complexity index is 495. The SMILES string of the molecule is Cc1ccc(C(N)CS(=O)(=O)N(C)C)cc1C. The molecule has 1 aromatic carbocycles. The average molecular weight is 256 g/mol. The largest absolute Gasteiger partial charge is 0.323 e. The third-order valence-corrected chi connectivity index (χ3v) is 4.80. The molecule has 1 rings (SSSR count). The standard InChI is InChI=1S/C12H20N2O2S/c1-9-5-6-11(7-10(9)2)12(13)8-17(15,16)14(3)4/h5-7,12H,8,13H2,1-4H3. The smallest absolute Gasteiger partial charge is 0.215 e. The zero-order chi connectivity index (χ0) is 13.2. The molecule has 17 heavy (non-hydrogen) atoms. The van der Waals surface area contributed by atoms with Crippen LogP contribution in [0.2, 0.25) is 0 Å². The van der Waals surface area contributed by atoms with E-state index in [2.05, 4.69) is 0 Å². The van der Waals surface area contributed by atoms with Crippen LogP contribution >= 0.6 is 0 Å². The Kier molecular flexibility index (Phi) is 4.30. The van der Waals surface area contributed by atoms with E-state index in [0.717, 1.165) is 11.1 Å². The summed E-state index contributed by atoms with van der Waals surface area (Å²) in [4.78, 5) is 0. The Hall–Kier alpha value is -0.910. The number of nitrogens with two attached hydrogens (primary N) is 1. The van der Waals surface area contributed by atoms with Crippen LogP contribution in [0.4, 0.5) is 0 Å². The Morgan fingerprint density at radius 1 is 1.24 bits per heavy atom. The third-order valence-electron chi connectivity index (χ3n) is 2.91. The molecule has 1 unspecified atom stereocenters. The second kappa shape index (κ2) is 5.16. The van der Waals surface area contributed by atoms with Crippen LogP contribution in [0.25, 0.3) is 0 Å². The highest BCUT2D eigenvalue weighted by atomic mass is 32.2. The topological polar surface area (TPSA) is 63.4 Å². The highest BCUT2D eigenvalue weighted by molar-refractivity contribution is 7.89. The number of sulfonamides is 1. The van der Waals surface area contributed by atoms with E-state index in [0.29, 0.717) is 0 Å². The minimum atomic E-state index is -3.26. The molecule has 0 aromatic heterocycles. The number of hydrogen-bond donors (Lipinski definition) is 1. The summed E-state index contributed by atoms with van der Waals surface area (Å²) < 4.78 is 24.6. The molecule has 1 atom stereocenters. The number of benzene rings is 1. The first kappa shape index (κ1) is 14.2. The molecule has 0 saturated heterocycles. The van der Waals surface area contributed by atoms with Gasteiger partial charge in [0.1, 0.15) is 0 Å². The van der Waals surface area contributed by atoms with Gasteiger partial charge in [-0.25, -0.2) is 12.7 Å². The molecule has 0 aliphatic rings. The Morgan fingerprint density at radius 3 is 2.29 bits per heavy atom. The van der Waals surface area contributed by atoms with Crippen LogP contribution in [0.15, 0.2) is 18.2 Å². The summed E-state index contributed by atoms with van der Waals surface area (Å²) in [6, 6.07) is 5.32. The first-order valence-electron chi connectivity index (χ1n) is 5.47. The number of nitrogens with zero attached hydrogens (tertiary/aromatic N) is 1. The van der Waals surface area contributed by atoms with Crippen molar-refractivity contribution >= 4 is 10.0 Å². The van der Waals surface area contributed by atoms with Gasteiger partial charge in [0.15, 0.2) is 0 Å². The second-order valence-corrected chi connectivity index (χ2v) is 6.74. The van der Waals surface area contributed by atoms with Gasteiger partial charge in [-0.05, 0) is 30.5 Å². The maximum Gasteiger partial charge on any atom is 0.215 e. The zero-order valence-corrected chi connectivity index (χ0v) is 11.6. The Labute approximate surface area is 103 Å². The van der Waals surface area contributed by atoms with Gasteiger partial charge in [0.05, 0.1) is 5.75 Å². The van der Waals surface area contributed by atoms with Crippen molar-refractivity contribution < 1.29 is 8.42 Å². The fraction of sp³-hybridized carbons (Fsp3) is 0.500. The van der Waals surface area contributed by atoms with Crippen LogP contribution < -0.4 is 5.73 Å². The molecule has 0 aliphatic heterocycles. The molecule has 1 aromatic rings. The van der Waals surface area contributed by atoms with E-state index in [9.17, 15) is 8.42 Å². The van der Waals surface area contributed by atoms with Crippen molar-refractivity contribution in [1.82, 2.24) is 4.31 Å². The summed E-state index contributed by atoms with van der Waals surface area (Å²) in [6.45, 7) is 4.01. The lowest BCUT2D eigenvalue weighted by molar-refractivity contribution is 0.515. The second-order valence-electron chi connectivity index (χ2n) is 4.51. The Morgan fingerprint density at radius 2 is 1.82 bits per heavy atom. The van der Waals surface area contributed by atoms with Gasteiger partial charge in [0, 0.05) is 20.1 Å². The fourth-order valence-corrected chi connectivity index (χ4v) is 2.41. The summed E-state index contributed by atoms with van der Waals surface area (Å²) in [5.41, 5.74) is 9.09. The molecular weight excluding hydrogens is 236 g/mol. The average Bonchev–Trinajstić information content (AvgIpc) is 2.21. The van der Waals surface area contributed by atoms with Gasteiger partial charge in [0.2, 0.25) is 10.0 Å². The number of hydrogen-bond acceptors (Lipinski definition) is 3. The molecule has 5 heteroatoms. The van der Waals surface area contributed by atoms with Gasteiger partial charge in [-0.1, -0.05) is 18.2 Å². The van der Waals surface area contributed by atoms with Crippen LogP contribution in [0, 0.1) is 13.8 Å². The first-order valence-corrected chi connectivity index (χ1v) is 7.08. The van der Waals surface area contributed by atoms with E-state index < -0.39 is 16.1 Å². The Balaban J connectivity index is 2.91. The molecule has 96 valence electrons. The highest BCUT2D eigenvalue weighted by Crippen LogP contribution is 2.17. The molecule has 0 radical (unpaired) electrons. The van der Waals surface area contributed by atoms with Crippen LogP contribution in [0.5, 0.6) is 0 Å². The molecule has 0 spiro atoms. The van der Waals surface area contributed by atoms with E-state index in [4.69, 9.17) is 5.73 Å². The molecule has 0 bridgehead atoms. The quantitative estimate of drug-likeness (QED) is 0.880. The molecule has 0 heterocycles. The zero-order valence-electron chi connectivity index (χ0n) is 10.8. The lowest BCUT2D eigenvalue weighted by Gasteiger charge is -2.17. The summed E-state index contributed by atoms with van der Waals surface area (Å²) in [7, 11) is -0.228.